The Kier molecular flexibility index (Phi) is 4.80. The summed E-state index contributed by atoms with van der Waals surface area (Å²) in [6, 6.07) is 19.5. The molecule has 0 aliphatic carbocycles. The van der Waals surface area contributed by atoms with Crippen molar-refractivity contribution in [3.8, 4) is 10.4 Å². The summed E-state index contributed by atoms with van der Waals surface area (Å²) in [7, 11) is 0. The summed E-state index contributed by atoms with van der Waals surface area (Å²) in [5, 5.41) is 4.28. The number of thiophene rings is 1. The molecule has 0 amide bonds. The van der Waals surface area contributed by atoms with Gasteiger partial charge in [-0.15, -0.1) is 11.3 Å². The normalized spacial score (nSPS) is 10.7. The van der Waals surface area contributed by atoms with E-state index in [9.17, 15) is 4.79 Å². The van der Waals surface area contributed by atoms with Gasteiger partial charge in [0, 0.05) is 10.6 Å². The van der Waals surface area contributed by atoms with Gasteiger partial charge in [-0.2, -0.15) is 0 Å². The van der Waals surface area contributed by atoms with Crippen LogP contribution in [0.4, 0.5) is 11.5 Å². The van der Waals surface area contributed by atoms with Crippen molar-refractivity contribution in [3.63, 3.8) is 0 Å². The fourth-order valence-electron chi connectivity index (χ4n) is 2.74. The third kappa shape index (κ3) is 3.66. The number of benzene rings is 2. The lowest BCUT2D eigenvalue weighted by Crippen LogP contribution is -2.04. The van der Waals surface area contributed by atoms with Crippen LogP contribution in [0.2, 0.25) is 0 Å². The Morgan fingerprint density at radius 3 is 2.59 bits per heavy atom. The van der Waals surface area contributed by atoms with Crippen LogP contribution < -0.4 is 5.32 Å². The maximum atomic E-state index is 11.8. The Labute approximate surface area is 160 Å². The summed E-state index contributed by atoms with van der Waals surface area (Å²) in [6.07, 6.45) is 1.56. The highest BCUT2D eigenvalue weighted by Crippen LogP contribution is 2.35. The summed E-state index contributed by atoms with van der Waals surface area (Å²) in [5.74, 6) is 0.418. The number of esters is 1. The lowest BCUT2D eigenvalue weighted by Gasteiger charge is -2.07. The molecule has 2 aromatic carbocycles. The maximum absolute atomic E-state index is 11.8. The van der Waals surface area contributed by atoms with Crippen LogP contribution in [0.1, 0.15) is 17.3 Å². The minimum atomic E-state index is -0.321. The number of aromatic nitrogens is 2. The first-order chi connectivity index (χ1) is 13.2. The molecule has 0 aliphatic heterocycles. The number of ether oxygens (including phenoxy) is 1. The third-order valence-corrected chi connectivity index (χ3v) is 5.14. The third-order valence-electron chi connectivity index (χ3n) is 4.05. The molecule has 134 valence electrons. The van der Waals surface area contributed by atoms with Crippen molar-refractivity contribution < 1.29 is 9.53 Å². The van der Waals surface area contributed by atoms with E-state index in [0.29, 0.717) is 12.2 Å². The van der Waals surface area contributed by atoms with Crippen LogP contribution in [-0.4, -0.2) is 22.5 Å². The van der Waals surface area contributed by atoms with E-state index in [4.69, 9.17) is 4.74 Å². The highest BCUT2D eigenvalue weighted by atomic mass is 32.1. The van der Waals surface area contributed by atoms with Gasteiger partial charge in [0.15, 0.2) is 0 Å². The number of nitrogens with zero attached hydrogens (tertiary/aromatic N) is 2. The Bertz CT molecular complexity index is 1080. The van der Waals surface area contributed by atoms with Crippen LogP contribution in [0.3, 0.4) is 0 Å². The van der Waals surface area contributed by atoms with Gasteiger partial charge in [0.1, 0.15) is 17.0 Å². The van der Waals surface area contributed by atoms with Gasteiger partial charge in [-0.3, -0.25) is 0 Å². The average molecular weight is 375 g/mol. The van der Waals surface area contributed by atoms with Crippen LogP contribution in [0, 0.1) is 0 Å². The average Bonchev–Trinajstić information content (AvgIpc) is 3.15. The van der Waals surface area contributed by atoms with E-state index in [1.54, 1.807) is 36.7 Å². The number of rotatable bonds is 5. The number of carbonyl (C=O) groups excluding carboxylic acids is 1. The zero-order valence-electron chi connectivity index (χ0n) is 14.7. The first kappa shape index (κ1) is 17.2. The van der Waals surface area contributed by atoms with Crippen molar-refractivity contribution in [2.24, 2.45) is 0 Å². The molecule has 4 rings (SSSR count). The van der Waals surface area contributed by atoms with Crippen LogP contribution >= 0.6 is 11.3 Å². The number of nitrogens with one attached hydrogen (secondary N) is 1. The lowest BCUT2D eigenvalue weighted by molar-refractivity contribution is 0.0526. The van der Waals surface area contributed by atoms with E-state index in [2.05, 4.69) is 33.5 Å². The van der Waals surface area contributed by atoms with Gasteiger partial charge in [-0.05, 0) is 42.8 Å². The fourth-order valence-corrected chi connectivity index (χ4v) is 3.75. The van der Waals surface area contributed by atoms with Gasteiger partial charge in [0.05, 0.1) is 17.6 Å². The summed E-state index contributed by atoms with van der Waals surface area (Å²) in [6.45, 7) is 2.15. The number of carbonyl (C=O) groups is 1. The van der Waals surface area contributed by atoms with Gasteiger partial charge < -0.3 is 10.1 Å². The Balaban J connectivity index is 1.62. The van der Waals surface area contributed by atoms with Crippen molar-refractivity contribution >= 4 is 39.0 Å². The lowest BCUT2D eigenvalue weighted by atomic mass is 10.2. The largest absolute Gasteiger partial charge is 0.462 e. The van der Waals surface area contributed by atoms with Gasteiger partial charge in [-0.25, -0.2) is 14.8 Å². The second kappa shape index (κ2) is 7.55. The number of fused-ring (bicyclic) bond motifs is 1. The number of anilines is 2. The van der Waals surface area contributed by atoms with Crippen molar-refractivity contribution in [3.05, 3.63) is 72.6 Å². The van der Waals surface area contributed by atoms with Gasteiger partial charge in [0.2, 0.25) is 0 Å². The van der Waals surface area contributed by atoms with Gasteiger partial charge >= 0.3 is 5.97 Å². The molecule has 0 atom stereocenters. The van der Waals surface area contributed by atoms with E-state index in [-0.39, 0.29) is 5.97 Å². The molecule has 4 aromatic rings. The number of hydrogen-bond acceptors (Lipinski definition) is 6. The van der Waals surface area contributed by atoms with Crippen LogP contribution in [0.15, 0.2) is 67.0 Å². The molecule has 0 radical (unpaired) electrons. The summed E-state index contributed by atoms with van der Waals surface area (Å²) in [5.41, 5.74) is 2.53. The van der Waals surface area contributed by atoms with Crippen LogP contribution in [-0.2, 0) is 4.74 Å². The van der Waals surface area contributed by atoms with E-state index in [1.807, 2.05) is 30.3 Å². The van der Waals surface area contributed by atoms with Crippen molar-refractivity contribution in [1.29, 1.82) is 0 Å². The smallest absolute Gasteiger partial charge is 0.338 e. The molecule has 0 bridgehead atoms. The molecule has 5 nitrogen and oxygen atoms in total. The molecule has 0 saturated heterocycles. The molecule has 0 spiro atoms. The SMILES string of the molecule is CCOC(=O)c1ccc(Nc2ncnc3sc(-c4ccccc4)cc23)cc1. The molecule has 0 fully saturated rings. The van der Waals surface area contributed by atoms with Gasteiger partial charge in [-0.1, -0.05) is 30.3 Å². The standard InChI is InChI=1S/C21H17N3O2S/c1-2-26-21(25)15-8-10-16(11-9-15)24-19-17-12-18(14-6-4-3-5-7-14)27-20(17)23-13-22-19/h3-13H,2H2,1H3,(H,22,23,24). The van der Waals surface area contributed by atoms with E-state index in [1.165, 1.54) is 0 Å². The zero-order valence-corrected chi connectivity index (χ0v) is 15.5. The number of hydrogen-bond donors (Lipinski definition) is 1. The zero-order chi connectivity index (χ0) is 18.6. The summed E-state index contributed by atoms with van der Waals surface area (Å²) in [4.78, 5) is 22.6. The molecule has 0 unspecified atom stereocenters. The van der Waals surface area contributed by atoms with Gasteiger partial charge in [0.25, 0.3) is 0 Å². The first-order valence-corrected chi connectivity index (χ1v) is 9.40. The van der Waals surface area contributed by atoms with E-state index in [0.717, 1.165) is 32.2 Å². The Morgan fingerprint density at radius 1 is 1.07 bits per heavy atom. The molecule has 2 aromatic heterocycles. The first-order valence-electron chi connectivity index (χ1n) is 8.59. The molecule has 6 heteroatoms. The second-order valence-electron chi connectivity index (χ2n) is 5.84. The second-order valence-corrected chi connectivity index (χ2v) is 6.87. The summed E-state index contributed by atoms with van der Waals surface area (Å²) >= 11 is 1.63. The van der Waals surface area contributed by atoms with Crippen molar-refractivity contribution in [1.82, 2.24) is 9.97 Å². The topological polar surface area (TPSA) is 64.1 Å². The summed E-state index contributed by atoms with van der Waals surface area (Å²) < 4.78 is 5.01. The monoisotopic (exact) mass is 375 g/mol. The molecule has 0 aliphatic rings. The van der Waals surface area contributed by atoms with Crippen molar-refractivity contribution in [2.75, 3.05) is 11.9 Å². The highest BCUT2D eigenvalue weighted by Gasteiger charge is 2.11. The quantitative estimate of drug-likeness (QED) is 0.481. The molecule has 27 heavy (non-hydrogen) atoms. The van der Waals surface area contributed by atoms with Crippen LogP contribution in [0.25, 0.3) is 20.7 Å². The Hall–Kier alpha value is -3.25. The minimum absolute atomic E-state index is 0.321. The van der Waals surface area contributed by atoms with Crippen molar-refractivity contribution in [2.45, 2.75) is 6.92 Å². The van der Waals surface area contributed by atoms with Crippen LogP contribution in [0.5, 0.6) is 0 Å². The highest BCUT2D eigenvalue weighted by molar-refractivity contribution is 7.21. The molecular weight excluding hydrogens is 358 g/mol. The Morgan fingerprint density at radius 2 is 1.85 bits per heavy atom. The molecular formula is C21H17N3O2S. The fraction of sp³-hybridized carbons (Fsp3) is 0.0952. The minimum Gasteiger partial charge on any atom is -0.462 e. The predicted octanol–water partition coefficient (Wildman–Crippen LogP) is 5.28. The predicted molar refractivity (Wildman–Crippen MR) is 109 cm³/mol. The molecule has 2 heterocycles. The maximum Gasteiger partial charge on any atom is 0.338 e. The van der Waals surface area contributed by atoms with E-state index < -0.39 is 0 Å². The van der Waals surface area contributed by atoms with E-state index >= 15 is 0 Å². The molecule has 0 saturated carbocycles. The molecule has 1 N–H and O–H groups in total.